The van der Waals surface area contributed by atoms with E-state index in [1.54, 1.807) is 0 Å². The second-order valence-electron chi connectivity index (χ2n) is 15.2. The molecule has 0 amide bonds. The molecule has 0 radical (unpaired) electrons. The smallest absolute Gasteiger partial charge is 0.143 e. The lowest BCUT2D eigenvalue weighted by Crippen LogP contribution is -2.11. The summed E-state index contributed by atoms with van der Waals surface area (Å²) in [7, 11) is 0. The van der Waals surface area contributed by atoms with Gasteiger partial charge in [-0.15, -0.1) is 11.3 Å². The largest absolute Gasteiger partial charge is 0.455 e. The number of furan rings is 1. The molecule has 12 rings (SSSR count). The van der Waals surface area contributed by atoms with Gasteiger partial charge < -0.3 is 9.32 Å². The lowest BCUT2D eigenvalue weighted by molar-refractivity contribution is 0.670. The number of hydrogen-bond donors (Lipinski definition) is 0. The fourth-order valence-electron chi connectivity index (χ4n) is 9.12. The maximum absolute atomic E-state index is 6.65. The summed E-state index contributed by atoms with van der Waals surface area (Å²) in [6, 6.07) is 77.1. The molecule has 2 nitrogen and oxygen atoms in total. The molecular weight excluding hydrogens is 735 g/mol. The predicted octanol–water partition coefficient (Wildman–Crippen LogP) is 16.7. The van der Waals surface area contributed by atoms with Gasteiger partial charge in [0.25, 0.3) is 0 Å². The molecule has 0 unspecified atom stereocenters. The quantitative estimate of drug-likeness (QED) is 0.157. The third kappa shape index (κ3) is 5.55. The Morgan fingerprint density at radius 1 is 0.356 bits per heavy atom. The first-order valence-electron chi connectivity index (χ1n) is 20.1. The van der Waals surface area contributed by atoms with E-state index < -0.39 is 0 Å². The highest BCUT2D eigenvalue weighted by atomic mass is 32.1. The minimum Gasteiger partial charge on any atom is -0.455 e. The van der Waals surface area contributed by atoms with Crippen molar-refractivity contribution in [2.45, 2.75) is 0 Å². The van der Waals surface area contributed by atoms with E-state index in [9.17, 15) is 0 Å². The molecule has 0 aliphatic heterocycles. The molecule has 59 heavy (non-hydrogen) atoms. The average Bonchev–Trinajstić information content (AvgIpc) is 3.89. The molecule has 2 heterocycles. The molecule has 12 aromatic rings. The molecule has 0 saturated heterocycles. The maximum Gasteiger partial charge on any atom is 0.143 e. The van der Waals surface area contributed by atoms with Gasteiger partial charge in [-0.05, 0) is 110 Å². The van der Waals surface area contributed by atoms with Crippen LogP contribution in [-0.2, 0) is 0 Å². The fourth-order valence-corrected chi connectivity index (χ4v) is 10.2. The number of thiophene rings is 1. The van der Waals surface area contributed by atoms with Gasteiger partial charge in [0.05, 0.1) is 5.69 Å². The van der Waals surface area contributed by atoms with Crippen LogP contribution in [0.25, 0.3) is 97.0 Å². The summed E-state index contributed by atoms with van der Waals surface area (Å²) in [6.45, 7) is 0. The first-order chi connectivity index (χ1) is 29.2. The Bertz CT molecular complexity index is 3560. The van der Waals surface area contributed by atoms with E-state index in [1.807, 2.05) is 17.4 Å². The van der Waals surface area contributed by atoms with Crippen molar-refractivity contribution in [2.24, 2.45) is 0 Å². The molecule has 0 fully saturated rings. The van der Waals surface area contributed by atoms with Crippen molar-refractivity contribution < 1.29 is 4.42 Å². The third-order valence-electron chi connectivity index (χ3n) is 11.8. The highest BCUT2D eigenvalue weighted by Gasteiger charge is 2.22. The van der Waals surface area contributed by atoms with Gasteiger partial charge in [0.15, 0.2) is 0 Å². The molecule has 0 aliphatic carbocycles. The lowest BCUT2D eigenvalue weighted by Gasteiger charge is -2.28. The lowest BCUT2D eigenvalue weighted by atomic mass is 9.93. The Morgan fingerprint density at radius 3 is 1.88 bits per heavy atom. The molecule has 0 spiro atoms. The van der Waals surface area contributed by atoms with Crippen LogP contribution >= 0.6 is 11.3 Å². The van der Waals surface area contributed by atoms with E-state index in [2.05, 4.69) is 211 Å². The molecule has 0 bridgehead atoms. The van der Waals surface area contributed by atoms with Crippen molar-refractivity contribution in [1.29, 1.82) is 0 Å². The number of nitrogens with zero attached hydrogens (tertiary/aromatic N) is 1. The first-order valence-corrected chi connectivity index (χ1v) is 20.9. The number of anilines is 3. The normalized spacial score (nSPS) is 11.7. The van der Waals surface area contributed by atoms with Crippen molar-refractivity contribution in [3.63, 3.8) is 0 Å². The van der Waals surface area contributed by atoms with Crippen molar-refractivity contribution in [3.05, 3.63) is 212 Å². The highest BCUT2D eigenvalue weighted by Crippen LogP contribution is 2.48. The van der Waals surface area contributed by atoms with Crippen molar-refractivity contribution >= 4 is 92.1 Å². The average molecular weight is 770 g/mol. The van der Waals surface area contributed by atoms with Gasteiger partial charge in [0.1, 0.15) is 11.2 Å². The maximum atomic E-state index is 6.65. The van der Waals surface area contributed by atoms with Crippen LogP contribution in [0.15, 0.2) is 217 Å². The molecular formula is C56H35NOS. The van der Waals surface area contributed by atoms with Gasteiger partial charge in [-0.2, -0.15) is 0 Å². The Kier molecular flexibility index (Phi) is 7.75. The molecule has 3 heteroatoms. The number of benzene rings is 10. The Balaban J connectivity index is 1.11. The fraction of sp³-hybridized carbons (Fsp3) is 0. The van der Waals surface area contributed by atoms with Crippen LogP contribution in [0.2, 0.25) is 0 Å². The van der Waals surface area contributed by atoms with Crippen molar-refractivity contribution in [2.75, 3.05) is 4.90 Å². The topological polar surface area (TPSA) is 16.4 Å². The zero-order valence-electron chi connectivity index (χ0n) is 32.0. The molecule has 2 aromatic heterocycles. The zero-order chi connectivity index (χ0) is 38.9. The zero-order valence-corrected chi connectivity index (χ0v) is 32.8. The van der Waals surface area contributed by atoms with Crippen molar-refractivity contribution in [3.8, 4) is 33.4 Å². The Morgan fingerprint density at radius 2 is 1.02 bits per heavy atom. The summed E-state index contributed by atoms with van der Waals surface area (Å²) in [5, 5.41) is 9.80. The summed E-state index contributed by atoms with van der Waals surface area (Å²) >= 11 is 1.85. The van der Waals surface area contributed by atoms with Gasteiger partial charge in [-0.25, -0.2) is 0 Å². The van der Waals surface area contributed by atoms with Gasteiger partial charge in [-0.3, -0.25) is 0 Å². The van der Waals surface area contributed by atoms with Crippen molar-refractivity contribution in [1.82, 2.24) is 0 Å². The minimum atomic E-state index is 0.895. The van der Waals surface area contributed by atoms with Crippen LogP contribution < -0.4 is 4.90 Å². The number of fused-ring (bicyclic) bond motifs is 9. The van der Waals surface area contributed by atoms with Gasteiger partial charge in [0, 0.05) is 47.9 Å². The monoisotopic (exact) mass is 769 g/mol. The van der Waals surface area contributed by atoms with Gasteiger partial charge >= 0.3 is 0 Å². The van der Waals surface area contributed by atoms with Crippen LogP contribution in [0.4, 0.5) is 17.1 Å². The molecule has 276 valence electrons. The van der Waals surface area contributed by atoms with Crippen LogP contribution in [0.1, 0.15) is 0 Å². The van der Waals surface area contributed by atoms with E-state index in [4.69, 9.17) is 4.42 Å². The van der Waals surface area contributed by atoms with E-state index >= 15 is 0 Å². The SMILES string of the molecule is c1ccc(-c2cc(-c3cccc4c3oc3ccccc34)cc(N(c3ccc(-c4cc5ccccc5c5ccccc45)cc3)c3cccc4sc5ccccc5c34)c2)cc1. The standard InChI is InChI=1S/C56H35NOS/c1-2-14-36(15-3-1)39-32-40(44-22-12-23-48-47-20-8-10-25-52(47)58-56(44)48)34-42(33-39)57(51-24-13-27-54-55(51)49-21-9-11-26-53(49)59-54)41-30-28-37(29-31-41)50-35-38-16-4-5-17-43(38)45-18-6-7-19-46(45)50/h1-35H. The molecule has 0 N–H and O–H groups in total. The second kappa shape index (κ2) is 13.6. The summed E-state index contributed by atoms with van der Waals surface area (Å²) in [5.41, 5.74) is 12.0. The highest BCUT2D eigenvalue weighted by molar-refractivity contribution is 7.26. The molecule has 0 aliphatic rings. The van der Waals surface area contributed by atoms with Gasteiger partial charge in [-0.1, -0.05) is 152 Å². The van der Waals surface area contributed by atoms with Crippen LogP contribution in [-0.4, -0.2) is 0 Å². The summed E-state index contributed by atoms with van der Waals surface area (Å²) in [4.78, 5) is 2.46. The van der Waals surface area contributed by atoms with E-state index in [0.29, 0.717) is 0 Å². The number of hydrogen-bond acceptors (Lipinski definition) is 3. The number of rotatable bonds is 6. The van der Waals surface area contributed by atoms with Crippen LogP contribution in [0.5, 0.6) is 0 Å². The number of para-hydroxylation sites is 2. The molecule has 0 atom stereocenters. The first kappa shape index (κ1) is 33.7. The van der Waals surface area contributed by atoms with E-state index in [0.717, 1.165) is 61.3 Å². The second-order valence-corrected chi connectivity index (χ2v) is 16.3. The van der Waals surface area contributed by atoms with Crippen LogP contribution in [0.3, 0.4) is 0 Å². The minimum absolute atomic E-state index is 0.895. The predicted molar refractivity (Wildman–Crippen MR) is 253 cm³/mol. The summed E-state index contributed by atoms with van der Waals surface area (Å²) in [5.74, 6) is 0. The van der Waals surface area contributed by atoms with Gasteiger partial charge in [0.2, 0.25) is 0 Å². The molecule has 10 aromatic carbocycles. The van der Waals surface area contributed by atoms with Crippen LogP contribution in [0, 0.1) is 0 Å². The summed E-state index contributed by atoms with van der Waals surface area (Å²) < 4.78 is 9.19. The molecule has 0 saturated carbocycles. The van der Waals surface area contributed by atoms with E-state index in [1.165, 1.54) is 52.8 Å². The Labute approximate surface area is 345 Å². The summed E-state index contributed by atoms with van der Waals surface area (Å²) in [6.07, 6.45) is 0. The Hall–Kier alpha value is -7.46. The van der Waals surface area contributed by atoms with E-state index in [-0.39, 0.29) is 0 Å². The third-order valence-corrected chi connectivity index (χ3v) is 13.0.